The molecule has 36 heavy (non-hydrogen) atoms. The summed E-state index contributed by atoms with van der Waals surface area (Å²) < 4.78 is 36.5. The summed E-state index contributed by atoms with van der Waals surface area (Å²) in [6.45, 7) is 0.569. The van der Waals surface area contributed by atoms with Crippen molar-refractivity contribution >= 4 is 22.8 Å². The molecule has 0 bridgehead atoms. The molecule has 7 nitrogen and oxygen atoms in total. The van der Waals surface area contributed by atoms with Gasteiger partial charge in [-0.05, 0) is 62.3 Å². The van der Waals surface area contributed by atoms with Crippen LogP contribution in [-0.2, 0) is 11.8 Å². The van der Waals surface area contributed by atoms with Crippen LogP contribution in [0.2, 0.25) is 5.28 Å². The van der Waals surface area contributed by atoms with Gasteiger partial charge < -0.3 is 9.30 Å². The van der Waals surface area contributed by atoms with Crippen LogP contribution in [0.25, 0.3) is 22.4 Å². The third kappa shape index (κ3) is 3.71. The molecule has 4 heterocycles. The normalized spacial score (nSPS) is 22.4. The Morgan fingerprint density at radius 1 is 1.03 bits per heavy atom. The van der Waals surface area contributed by atoms with E-state index in [4.69, 9.17) is 31.4 Å². The van der Waals surface area contributed by atoms with Gasteiger partial charge in [0, 0.05) is 54.3 Å². The van der Waals surface area contributed by atoms with Gasteiger partial charge in [-0.3, -0.25) is 5.10 Å². The number of aryl methyl sites for hydroxylation is 1. The van der Waals surface area contributed by atoms with Crippen LogP contribution in [0.3, 0.4) is 0 Å². The Bertz CT molecular complexity index is 1460. The number of nitrogens with zero attached hydrogens (tertiary/aromatic N) is 5. The standard InChI is InChI=1S/C26H25ClF2N6O/c1-35-23-22(16-7-6-15(28)11-17(16)29)30-24(31-25(23)32-26(35)27)14-8-9-36-18(10-14)19-20(12-2-3-12)33-34-21(19)13-4-5-13/h6-7,11-14,18H,2-5,8-10H2,1H3,(H,33,34)/t14?,18-/m1/s1. The predicted octanol–water partition coefficient (Wildman–Crippen LogP) is 6.08. The SMILES string of the molecule is Cn1c(Cl)nc2nc(C3CCO[C@@H](c4c(C5CC5)n[nH]c4C4CC4)C3)nc(-c3ccc(F)cc3F)c21. The van der Waals surface area contributed by atoms with Crippen molar-refractivity contribution in [3.05, 3.63) is 57.9 Å². The molecule has 2 saturated carbocycles. The molecule has 0 radical (unpaired) electrons. The molecule has 2 atom stereocenters. The molecule has 10 heteroatoms. The monoisotopic (exact) mass is 510 g/mol. The average Bonchev–Trinajstić information content (AvgIpc) is 3.81. The molecule has 0 amide bonds. The lowest BCUT2D eigenvalue weighted by atomic mass is 9.88. The van der Waals surface area contributed by atoms with Crippen molar-refractivity contribution in [2.75, 3.05) is 6.61 Å². The molecule has 3 aromatic heterocycles. The number of benzene rings is 1. The van der Waals surface area contributed by atoms with E-state index in [9.17, 15) is 8.78 Å². The molecule has 3 fully saturated rings. The van der Waals surface area contributed by atoms with Crippen molar-refractivity contribution in [1.29, 1.82) is 0 Å². The molecule has 1 saturated heterocycles. The van der Waals surface area contributed by atoms with Gasteiger partial charge in [0.15, 0.2) is 5.65 Å². The maximum absolute atomic E-state index is 14.9. The van der Waals surface area contributed by atoms with E-state index in [0.717, 1.165) is 18.2 Å². The van der Waals surface area contributed by atoms with Crippen LogP contribution in [0.15, 0.2) is 18.2 Å². The highest BCUT2D eigenvalue weighted by atomic mass is 35.5. The number of ether oxygens (including phenoxy) is 1. The Morgan fingerprint density at radius 2 is 1.83 bits per heavy atom. The summed E-state index contributed by atoms with van der Waals surface area (Å²) in [5, 5.41) is 8.25. The fraction of sp³-hybridized carbons (Fsp3) is 0.462. The van der Waals surface area contributed by atoms with E-state index in [1.54, 1.807) is 11.6 Å². The second-order valence-electron chi connectivity index (χ2n) is 10.2. The van der Waals surface area contributed by atoms with Crippen LogP contribution >= 0.6 is 11.6 Å². The van der Waals surface area contributed by atoms with Crippen molar-refractivity contribution in [2.24, 2.45) is 7.05 Å². The molecule has 1 aromatic carbocycles. The van der Waals surface area contributed by atoms with Crippen molar-refractivity contribution in [1.82, 2.24) is 29.7 Å². The molecule has 3 aliphatic rings. The number of aromatic amines is 1. The topological polar surface area (TPSA) is 81.5 Å². The number of halogens is 3. The number of hydrogen-bond acceptors (Lipinski definition) is 5. The molecule has 1 N–H and O–H groups in total. The van der Waals surface area contributed by atoms with Crippen LogP contribution in [0, 0.1) is 11.6 Å². The van der Waals surface area contributed by atoms with Crippen molar-refractivity contribution in [3.63, 3.8) is 0 Å². The highest BCUT2D eigenvalue weighted by Gasteiger charge is 2.40. The van der Waals surface area contributed by atoms with E-state index in [1.165, 1.54) is 49.1 Å². The number of hydrogen-bond donors (Lipinski definition) is 1. The summed E-state index contributed by atoms with van der Waals surface area (Å²) in [4.78, 5) is 14.0. The lowest BCUT2D eigenvalue weighted by molar-refractivity contribution is 0.00302. The van der Waals surface area contributed by atoms with E-state index in [1.807, 2.05) is 0 Å². The summed E-state index contributed by atoms with van der Waals surface area (Å²) in [5.41, 5.74) is 5.08. The molecule has 186 valence electrons. The molecular formula is C26H25ClF2N6O. The third-order valence-electron chi connectivity index (χ3n) is 7.66. The summed E-state index contributed by atoms with van der Waals surface area (Å²) >= 11 is 6.31. The summed E-state index contributed by atoms with van der Waals surface area (Å²) in [6.07, 6.45) is 6.06. The molecule has 1 aliphatic heterocycles. The van der Waals surface area contributed by atoms with Gasteiger partial charge in [-0.1, -0.05) is 0 Å². The van der Waals surface area contributed by atoms with Gasteiger partial charge in [-0.15, -0.1) is 0 Å². The Hall–Kier alpha value is -2.91. The number of nitrogens with one attached hydrogen (secondary N) is 1. The minimum atomic E-state index is -0.690. The fourth-order valence-electron chi connectivity index (χ4n) is 5.45. The lowest BCUT2D eigenvalue weighted by Gasteiger charge is -2.30. The molecule has 1 unspecified atom stereocenters. The molecule has 2 aliphatic carbocycles. The maximum atomic E-state index is 14.9. The highest BCUT2D eigenvalue weighted by Crippen LogP contribution is 2.51. The zero-order chi connectivity index (χ0) is 24.6. The molecular weight excluding hydrogens is 486 g/mol. The van der Waals surface area contributed by atoms with Crippen LogP contribution in [0.1, 0.15) is 85.2 Å². The molecule has 7 rings (SSSR count). The highest BCUT2D eigenvalue weighted by molar-refractivity contribution is 6.29. The summed E-state index contributed by atoms with van der Waals surface area (Å²) in [5.74, 6) is 0.295. The second kappa shape index (κ2) is 8.31. The van der Waals surface area contributed by atoms with Gasteiger partial charge >= 0.3 is 0 Å². The predicted molar refractivity (Wildman–Crippen MR) is 130 cm³/mol. The van der Waals surface area contributed by atoms with Gasteiger partial charge in [0.2, 0.25) is 5.28 Å². The second-order valence-corrected chi connectivity index (χ2v) is 10.6. The molecule has 4 aromatic rings. The van der Waals surface area contributed by atoms with Crippen molar-refractivity contribution < 1.29 is 13.5 Å². The lowest BCUT2D eigenvalue weighted by Crippen LogP contribution is -2.22. The Morgan fingerprint density at radius 3 is 2.58 bits per heavy atom. The Labute approximate surface area is 211 Å². The number of rotatable bonds is 5. The fourth-order valence-corrected chi connectivity index (χ4v) is 5.62. The number of fused-ring (bicyclic) bond motifs is 1. The first kappa shape index (κ1) is 22.3. The number of imidazole rings is 1. The van der Waals surface area contributed by atoms with Crippen LogP contribution in [-0.4, -0.2) is 36.3 Å². The van der Waals surface area contributed by atoms with E-state index < -0.39 is 11.6 Å². The summed E-state index contributed by atoms with van der Waals surface area (Å²) in [6, 6.07) is 3.49. The third-order valence-corrected chi connectivity index (χ3v) is 8.00. The van der Waals surface area contributed by atoms with E-state index in [0.29, 0.717) is 47.5 Å². The smallest absolute Gasteiger partial charge is 0.205 e. The van der Waals surface area contributed by atoms with E-state index in [2.05, 4.69) is 10.1 Å². The van der Waals surface area contributed by atoms with Gasteiger partial charge in [0.25, 0.3) is 0 Å². The largest absolute Gasteiger partial charge is 0.373 e. The van der Waals surface area contributed by atoms with Gasteiger partial charge in [-0.2, -0.15) is 10.1 Å². The van der Waals surface area contributed by atoms with Crippen LogP contribution < -0.4 is 0 Å². The van der Waals surface area contributed by atoms with Crippen LogP contribution in [0.4, 0.5) is 8.78 Å². The first-order valence-corrected chi connectivity index (χ1v) is 12.9. The minimum absolute atomic E-state index is 0.00908. The number of aromatic nitrogens is 6. The van der Waals surface area contributed by atoms with Gasteiger partial charge in [0.1, 0.15) is 28.7 Å². The Balaban J connectivity index is 1.30. The zero-order valence-corrected chi connectivity index (χ0v) is 20.5. The van der Waals surface area contributed by atoms with E-state index in [-0.39, 0.29) is 22.9 Å². The Kier molecular flexibility index (Phi) is 5.15. The van der Waals surface area contributed by atoms with Crippen LogP contribution in [0.5, 0.6) is 0 Å². The van der Waals surface area contributed by atoms with Crippen molar-refractivity contribution in [3.8, 4) is 11.3 Å². The maximum Gasteiger partial charge on any atom is 0.205 e. The number of H-pyrrole nitrogens is 1. The minimum Gasteiger partial charge on any atom is -0.373 e. The van der Waals surface area contributed by atoms with Gasteiger partial charge in [-0.25, -0.2) is 18.7 Å². The first-order valence-electron chi connectivity index (χ1n) is 12.5. The first-order chi connectivity index (χ1) is 17.5. The zero-order valence-electron chi connectivity index (χ0n) is 19.8. The average molecular weight is 511 g/mol. The quantitative estimate of drug-likeness (QED) is 0.329. The summed E-state index contributed by atoms with van der Waals surface area (Å²) in [7, 11) is 1.73. The van der Waals surface area contributed by atoms with Gasteiger partial charge in [0.05, 0.1) is 11.8 Å². The van der Waals surface area contributed by atoms with Crippen molar-refractivity contribution in [2.45, 2.75) is 62.4 Å². The van der Waals surface area contributed by atoms with E-state index >= 15 is 0 Å². The molecule has 0 spiro atoms.